The molecule has 4 heteroatoms. The molecular formula is C20H22N2OSi. The molecule has 4 rings (SSSR count). The Morgan fingerprint density at radius 2 is 1.75 bits per heavy atom. The maximum absolute atomic E-state index is 5.45. The summed E-state index contributed by atoms with van der Waals surface area (Å²) < 4.78 is 7.66. The van der Waals surface area contributed by atoms with Crippen molar-refractivity contribution in [2.45, 2.75) is 19.6 Å². The van der Waals surface area contributed by atoms with Crippen LogP contribution < -0.4 is 9.92 Å². The van der Waals surface area contributed by atoms with Gasteiger partial charge in [0.15, 0.2) is 0 Å². The zero-order chi connectivity index (χ0) is 17.1. The molecule has 0 atom stereocenters. The molecule has 0 saturated carbocycles. The zero-order valence-corrected chi connectivity index (χ0v) is 15.8. The van der Waals surface area contributed by atoms with Gasteiger partial charge in [0.05, 0.1) is 26.2 Å². The summed E-state index contributed by atoms with van der Waals surface area (Å²) in [5.74, 6) is 1.95. The molecule has 0 bridgehead atoms. The molecule has 0 spiro atoms. The molecular weight excluding hydrogens is 312 g/mol. The van der Waals surface area contributed by atoms with Gasteiger partial charge in [0, 0.05) is 24.1 Å². The number of methoxy groups -OCH3 is 1. The van der Waals surface area contributed by atoms with Crippen molar-refractivity contribution in [3.05, 3.63) is 42.5 Å². The number of pyridine rings is 1. The molecule has 0 amide bonds. The third-order valence-electron chi connectivity index (χ3n) is 4.78. The van der Waals surface area contributed by atoms with Gasteiger partial charge in [-0.05, 0) is 28.8 Å². The SMILES string of the molecule is COc1ccc2c([Si](C)(C)C)c3c4ccccc4nc-3n(C)c2c1. The van der Waals surface area contributed by atoms with Gasteiger partial charge in [0.1, 0.15) is 11.6 Å². The minimum absolute atomic E-state index is 0.884. The average molecular weight is 334 g/mol. The lowest BCUT2D eigenvalue weighted by molar-refractivity contribution is 0.415. The van der Waals surface area contributed by atoms with Crippen LogP contribution in [0.15, 0.2) is 42.5 Å². The fraction of sp³-hybridized carbons (Fsp3) is 0.250. The minimum atomic E-state index is -1.59. The maximum Gasteiger partial charge on any atom is 0.141 e. The molecule has 2 aromatic rings. The van der Waals surface area contributed by atoms with E-state index >= 15 is 0 Å². The Morgan fingerprint density at radius 1 is 1.00 bits per heavy atom. The Kier molecular flexibility index (Phi) is 3.22. The summed E-state index contributed by atoms with van der Waals surface area (Å²) in [6, 6.07) is 14.9. The highest BCUT2D eigenvalue weighted by molar-refractivity contribution is 6.91. The van der Waals surface area contributed by atoms with Crippen LogP contribution in [0.2, 0.25) is 19.6 Å². The lowest BCUT2D eigenvalue weighted by atomic mass is 10.1. The highest BCUT2D eigenvalue weighted by atomic mass is 28.3. The maximum atomic E-state index is 5.45. The molecule has 2 aliphatic heterocycles. The van der Waals surface area contributed by atoms with E-state index in [1.807, 2.05) is 0 Å². The zero-order valence-electron chi connectivity index (χ0n) is 14.8. The summed E-state index contributed by atoms with van der Waals surface area (Å²) >= 11 is 0. The van der Waals surface area contributed by atoms with Crippen molar-refractivity contribution < 1.29 is 4.74 Å². The van der Waals surface area contributed by atoms with Crippen LogP contribution in [-0.4, -0.2) is 24.7 Å². The number of aromatic nitrogens is 2. The van der Waals surface area contributed by atoms with E-state index in [-0.39, 0.29) is 0 Å². The monoisotopic (exact) mass is 334 g/mol. The van der Waals surface area contributed by atoms with Crippen molar-refractivity contribution in [3.63, 3.8) is 0 Å². The first-order chi connectivity index (χ1) is 11.4. The molecule has 0 unspecified atom stereocenters. The van der Waals surface area contributed by atoms with Crippen LogP contribution in [0.3, 0.4) is 0 Å². The first kappa shape index (κ1) is 15.2. The van der Waals surface area contributed by atoms with E-state index < -0.39 is 8.07 Å². The summed E-state index contributed by atoms with van der Waals surface area (Å²) in [6.07, 6.45) is 0. The lowest BCUT2D eigenvalue weighted by Gasteiger charge is -2.26. The van der Waals surface area contributed by atoms with Crippen molar-refractivity contribution in [1.29, 1.82) is 0 Å². The number of hydrogen-bond donors (Lipinski definition) is 0. The van der Waals surface area contributed by atoms with Gasteiger partial charge >= 0.3 is 0 Å². The van der Waals surface area contributed by atoms with Gasteiger partial charge in [-0.1, -0.05) is 37.8 Å². The van der Waals surface area contributed by atoms with Gasteiger partial charge < -0.3 is 9.30 Å². The second-order valence-corrected chi connectivity index (χ2v) is 12.4. The molecule has 3 nitrogen and oxygen atoms in total. The van der Waals surface area contributed by atoms with Gasteiger partial charge in [-0.25, -0.2) is 4.98 Å². The summed E-state index contributed by atoms with van der Waals surface area (Å²) in [5, 5.41) is 4.07. The van der Waals surface area contributed by atoms with E-state index in [4.69, 9.17) is 9.72 Å². The normalized spacial score (nSPS) is 12.4. The highest BCUT2D eigenvalue weighted by Gasteiger charge is 2.29. The third kappa shape index (κ3) is 2.06. The first-order valence-electron chi connectivity index (χ1n) is 8.27. The molecule has 2 aliphatic rings. The molecule has 2 aromatic carbocycles. The molecule has 0 N–H and O–H groups in total. The predicted octanol–water partition coefficient (Wildman–Crippen LogP) is 4.39. The number of nitrogens with zero attached hydrogens (tertiary/aromatic N) is 2. The minimum Gasteiger partial charge on any atom is -0.497 e. The third-order valence-corrected chi connectivity index (χ3v) is 6.80. The molecule has 122 valence electrons. The van der Waals surface area contributed by atoms with E-state index in [2.05, 4.69) is 73.7 Å². The smallest absolute Gasteiger partial charge is 0.141 e. The van der Waals surface area contributed by atoms with Crippen molar-refractivity contribution >= 4 is 35.1 Å². The molecule has 0 radical (unpaired) electrons. The standard InChI is InChI=1S/C20H22N2OSi/c1-22-17-12-13(23-2)10-11-15(17)19(24(3,4)5)18-14-8-6-7-9-16(14)21-20(18)22/h6-12H,1-5H3. The molecule has 24 heavy (non-hydrogen) atoms. The number of para-hydroxylation sites is 1. The quantitative estimate of drug-likeness (QED) is 0.509. The number of fused-ring (bicyclic) bond motifs is 4. The van der Waals surface area contributed by atoms with Crippen LogP contribution in [0.1, 0.15) is 0 Å². The van der Waals surface area contributed by atoms with Crippen molar-refractivity contribution in [3.8, 4) is 17.1 Å². The summed E-state index contributed by atoms with van der Waals surface area (Å²) in [7, 11) is 2.23. The fourth-order valence-corrected chi connectivity index (χ4v) is 5.73. The Morgan fingerprint density at radius 3 is 2.46 bits per heavy atom. The summed E-state index contributed by atoms with van der Waals surface area (Å²) in [4.78, 5) is 4.94. The van der Waals surface area contributed by atoms with Gasteiger partial charge in [-0.2, -0.15) is 0 Å². The van der Waals surface area contributed by atoms with Crippen LogP contribution in [0.25, 0.3) is 33.2 Å². The van der Waals surface area contributed by atoms with Crippen LogP contribution in [0.4, 0.5) is 0 Å². The van der Waals surface area contributed by atoms with Crippen LogP contribution in [0, 0.1) is 0 Å². The van der Waals surface area contributed by atoms with Crippen LogP contribution >= 0.6 is 0 Å². The predicted molar refractivity (Wildman–Crippen MR) is 104 cm³/mol. The van der Waals surface area contributed by atoms with E-state index in [9.17, 15) is 0 Å². The number of rotatable bonds is 2. The Balaban J connectivity index is 2.30. The highest BCUT2D eigenvalue weighted by Crippen LogP contribution is 2.35. The lowest BCUT2D eigenvalue weighted by Crippen LogP contribution is -2.40. The van der Waals surface area contributed by atoms with Crippen molar-refractivity contribution in [2.24, 2.45) is 7.05 Å². The van der Waals surface area contributed by atoms with E-state index in [1.54, 1.807) is 7.11 Å². The second-order valence-electron chi connectivity index (χ2n) is 7.39. The van der Waals surface area contributed by atoms with Gasteiger partial charge in [0.25, 0.3) is 0 Å². The Labute approximate surface area is 143 Å². The average Bonchev–Trinajstić information content (AvgIpc) is 2.93. The molecule has 0 aromatic heterocycles. The van der Waals surface area contributed by atoms with Gasteiger partial charge in [-0.15, -0.1) is 0 Å². The first-order valence-corrected chi connectivity index (χ1v) is 11.8. The molecule has 2 heterocycles. The second kappa shape index (κ2) is 5.08. The Bertz CT molecular complexity index is 1040. The van der Waals surface area contributed by atoms with E-state index in [0.29, 0.717) is 0 Å². The number of aryl methyl sites for hydroxylation is 1. The van der Waals surface area contributed by atoms with Crippen LogP contribution in [-0.2, 0) is 7.05 Å². The molecule has 0 saturated heterocycles. The fourth-order valence-electron chi connectivity index (χ4n) is 3.72. The molecule has 0 aliphatic carbocycles. The van der Waals surface area contributed by atoms with Crippen molar-refractivity contribution in [2.75, 3.05) is 7.11 Å². The largest absolute Gasteiger partial charge is 0.497 e. The van der Waals surface area contributed by atoms with E-state index in [1.165, 1.54) is 27.0 Å². The van der Waals surface area contributed by atoms with Gasteiger partial charge in [-0.3, -0.25) is 0 Å². The number of ether oxygens (including phenoxy) is 1. The van der Waals surface area contributed by atoms with Crippen molar-refractivity contribution in [1.82, 2.24) is 9.55 Å². The summed E-state index contributed by atoms with van der Waals surface area (Å²) in [5.41, 5.74) is 3.58. The summed E-state index contributed by atoms with van der Waals surface area (Å²) in [6.45, 7) is 7.23. The van der Waals surface area contributed by atoms with Crippen LogP contribution in [0.5, 0.6) is 5.75 Å². The van der Waals surface area contributed by atoms with Gasteiger partial charge in [0.2, 0.25) is 0 Å². The topological polar surface area (TPSA) is 27.1 Å². The number of benzene rings is 2. The number of hydrogen-bond acceptors (Lipinski definition) is 2. The Hall–Kier alpha value is -2.33. The van der Waals surface area contributed by atoms with E-state index in [0.717, 1.165) is 17.1 Å². The molecule has 0 fully saturated rings.